The van der Waals surface area contributed by atoms with E-state index in [0.29, 0.717) is 11.5 Å². The van der Waals surface area contributed by atoms with Crippen LogP contribution < -0.4 is 0 Å². The number of nitrogens with zero attached hydrogens (tertiary/aromatic N) is 3. The van der Waals surface area contributed by atoms with Gasteiger partial charge in [-0.05, 0) is 31.5 Å². The van der Waals surface area contributed by atoms with Gasteiger partial charge < -0.3 is 14.2 Å². The van der Waals surface area contributed by atoms with Crippen molar-refractivity contribution in [2.24, 2.45) is 11.8 Å². The minimum atomic E-state index is -1.46. The summed E-state index contributed by atoms with van der Waals surface area (Å²) in [7, 11) is 1.43. The van der Waals surface area contributed by atoms with Crippen molar-refractivity contribution in [3.63, 3.8) is 0 Å². The highest BCUT2D eigenvalue weighted by atomic mass is 16.3. The number of amides is 4. The van der Waals surface area contributed by atoms with Gasteiger partial charge in [-0.25, -0.2) is 0 Å². The molecule has 0 bridgehead atoms. The van der Waals surface area contributed by atoms with Crippen molar-refractivity contribution in [2.75, 3.05) is 13.6 Å². The zero-order valence-corrected chi connectivity index (χ0v) is 17.6. The number of carbonyl (C=O) groups excluding carboxylic acids is 4. The number of furan rings is 1. The summed E-state index contributed by atoms with van der Waals surface area (Å²) >= 11 is 0. The molecule has 3 fully saturated rings. The molecule has 160 valence electrons. The fraction of sp³-hybridized carbons (Fsp3) is 0.391. The maximum absolute atomic E-state index is 13.8. The summed E-state index contributed by atoms with van der Waals surface area (Å²) in [5.74, 6) is -2.19. The van der Waals surface area contributed by atoms with Crippen molar-refractivity contribution >= 4 is 23.6 Å². The Kier molecular flexibility index (Phi) is 4.12. The topological polar surface area (TPSA) is 91.1 Å². The number of aryl methyl sites for hydroxylation is 1. The fourth-order valence-electron chi connectivity index (χ4n) is 5.47. The Balaban J connectivity index is 1.62. The van der Waals surface area contributed by atoms with Gasteiger partial charge >= 0.3 is 0 Å². The predicted molar refractivity (Wildman–Crippen MR) is 108 cm³/mol. The first-order valence-corrected chi connectivity index (χ1v) is 10.3. The van der Waals surface area contributed by atoms with Crippen molar-refractivity contribution in [3.05, 3.63) is 59.5 Å². The van der Waals surface area contributed by atoms with Gasteiger partial charge in [-0.3, -0.25) is 24.1 Å². The summed E-state index contributed by atoms with van der Waals surface area (Å²) in [6.07, 6.45) is 0. The molecule has 5 rings (SSSR count). The van der Waals surface area contributed by atoms with E-state index in [4.69, 9.17) is 4.42 Å². The molecule has 3 saturated heterocycles. The molecule has 0 N–H and O–H groups in total. The van der Waals surface area contributed by atoms with Gasteiger partial charge in [-0.2, -0.15) is 0 Å². The van der Waals surface area contributed by atoms with Crippen LogP contribution >= 0.6 is 0 Å². The average Bonchev–Trinajstić information content (AvgIpc) is 3.36. The van der Waals surface area contributed by atoms with Gasteiger partial charge in [0.15, 0.2) is 0 Å². The van der Waals surface area contributed by atoms with Gasteiger partial charge in [0, 0.05) is 13.6 Å². The molecule has 2 aromatic rings. The van der Waals surface area contributed by atoms with E-state index in [0.717, 1.165) is 10.5 Å². The van der Waals surface area contributed by atoms with Crippen molar-refractivity contribution in [1.29, 1.82) is 0 Å². The number of fused-ring (bicyclic) bond motifs is 3. The van der Waals surface area contributed by atoms with Gasteiger partial charge in [-0.15, -0.1) is 0 Å². The van der Waals surface area contributed by atoms with Gasteiger partial charge in [0.1, 0.15) is 29.6 Å². The Morgan fingerprint density at radius 3 is 2.39 bits per heavy atom. The Labute approximate surface area is 179 Å². The maximum Gasteiger partial charge on any atom is 0.249 e. The molecule has 1 aromatic carbocycles. The second kappa shape index (κ2) is 6.54. The van der Waals surface area contributed by atoms with E-state index in [-0.39, 0.29) is 30.8 Å². The molecule has 0 aliphatic carbocycles. The quantitative estimate of drug-likeness (QED) is 0.701. The van der Waals surface area contributed by atoms with E-state index in [2.05, 4.69) is 0 Å². The number of benzene rings is 1. The number of hydrogen-bond acceptors (Lipinski definition) is 5. The Morgan fingerprint density at radius 1 is 1.03 bits per heavy atom. The van der Waals surface area contributed by atoms with Crippen LogP contribution in [-0.4, -0.2) is 57.5 Å². The molecule has 0 saturated carbocycles. The number of piperazine rings is 1. The highest BCUT2D eigenvalue weighted by molar-refractivity contribution is 6.12. The standard InChI is InChI=1S/C23H23N3O5/c1-13-9-10-15(31-13)19-17-18(21(29)24(3)20(17)28)23(2)22(30)25(12-16(27)26(19)23)11-14-7-5-4-6-8-14/h4-10,17-19H,11-12H2,1-3H3/t17?,18?,19?,23-/m1/s1. The van der Waals surface area contributed by atoms with E-state index >= 15 is 0 Å². The van der Waals surface area contributed by atoms with E-state index in [9.17, 15) is 19.2 Å². The number of imide groups is 1. The predicted octanol–water partition coefficient (Wildman–Crippen LogP) is 1.50. The van der Waals surface area contributed by atoms with Crippen LogP contribution in [0.3, 0.4) is 0 Å². The van der Waals surface area contributed by atoms with Crippen molar-refractivity contribution < 1.29 is 23.6 Å². The average molecular weight is 421 g/mol. The van der Waals surface area contributed by atoms with E-state index < -0.39 is 29.3 Å². The molecule has 0 radical (unpaired) electrons. The van der Waals surface area contributed by atoms with Crippen LogP contribution in [0.5, 0.6) is 0 Å². The van der Waals surface area contributed by atoms with Crippen molar-refractivity contribution in [3.8, 4) is 0 Å². The maximum atomic E-state index is 13.8. The van der Waals surface area contributed by atoms with Gasteiger partial charge in [-0.1, -0.05) is 30.3 Å². The van der Waals surface area contributed by atoms with Crippen LogP contribution in [0.15, 0.2) is 46.9 Å². The first kappa shape index (κ1) is 19.5. The number of carbonyl (C=O) groups is 4. The third-order valence-electron chi connectivity index (χ3n) is 6.88. The minimum Gasteiger partial charge on any atom is -0.464 e. The van der Waals surface area contributed by atoms with Crippen molar-refractivity contribution in [2.45, 2.75) is 32.0 Å². The molecule has 8 nitrogen and oxygen atoms in total. The van der Waals surface area contributed by atoms with E-state index in [1.165, 1.54) is 16.8 Å². The lowest BCUT2D eigenvalue weighted by atomic mass is 9.79. The Morgan fingerprint density at radius 2 is 1.74 bits per heavy atom. The van der Waals surface area contributed by atoms with Gasteiger partial charge in [0.2, 0.25) is 23.6 Å². The summed E-state index contributed by atoms with van der Waals surface area (Å²) in [4.78, 5) is 57.4. The monoisotopic (exact) mass is 421 g/mol. The second-order valence-electron chi connectivity index (χ2n) is 8.69. The van der Waals surface area contributed by atoms with Crippen LogP contribution in [0.4, 0.5) is 0 Å². The third kappa shape index (κ3) is 2.54. The third-order valence-corrected chi connectivity index (χ3v) is 6.88. The first-order chi connectivity index (χ1) is 14.7. The molecule has 3 aliphatic rings. The number of hydrogen-bond donors (Lipinski definition) is 0. The number of rotatable bonds is 3. The molecule has 3 unspecified atom stereocenters. The SMILES string of the molecule is Cc1ccc(C2C3C(=O)N(C)C(=O)C3[C@]3(C)C(=O)N(Cc4ccccc4)CC(=O)N23)o1. The molecule has 4 amide bonds. The van der Waals surface area contributed by atoms with Crippen LogP contribution in [0, 0.1) is 18.8 Å². The molecule has 3 aliphatic heterocycles. The normalized spacial score (nSPS) is 30.3. The van der Waals surface area contributed by atoms with Crippen LogP contribution in [0.1, 0.15) is 30.0 Å². The molecule has 8 heteroatoms. The van der Waals surface area contributed by atoms with Crippen molar-refractivity contribution in [1.82, 2.24) is 14.7 Å². The fourth-order valence-corrected chi connectivity index (χ4v) is 5.47. The van der Waals surface area contributed by atoms with Crippen LogP contribution in [0.25, 0.3) is 0 Å². The Bertz CT molecular complexity index is 1110. The van der Waals surface area contributed by atoms with Crippen LogP contribution in [-0.2, 0) is 25.7 Å². The summed E-state index contributed by atoms with van der Waals surface area (Å²) < 4.78 is 5.79. The highest BCUT2D eigenvalue weighted by Gasteiger charge is 2.73. The zero-order chi connectivity index (χ0) is 22.1. The molecular weight excluding hydrogens is 398 g/mol. The van der Waals surface area contributed by atoms with Crippen LogP contribution in [0.2, 0.25) is 0 Å². The largest absolute Gasteiger partial charge is 0.464 e. The molecule has 0 spiro atoms. The lowest BCUT2D eigenvalue weighted by molar-refractivity contribution is -0.168. The smallest absolute Gasteiger partial charge is 0.249 e. The van der Waals surface area contributed by atoms with E-state index in [1.54, 1.807) is 26.0 Å². The summed E-state index contributed by atoms with van der Waals surface area (Å²) in [6, 6.07) is 12.1. The molecular formula is C23H23N3O5. The van der Waals surface area contributed by atoms with Gasteiger partial charge in [0.05, 0.1) is 11.8 Å². The molecule has 4 heterocycles. The summed E-state index contributed by atoms with van der Waals surface area (Å²) in [6.45, 7) is 3.53. The van der Waals surface area contributed by atoms with E-state index in [1.807, 2.05) is 30.3 Å². The highest BCUT2D eigenvalue weighted by Crippen LogP contribution is 2.56. The molecule has 4 atom stereocenters. The lowest BCUT2D eigenvalue weighted by Gasteiger charge is -2.46. The minimum absolute atomic E-state index is 0.114. The second-order valence-corrected chi connectivity index (χ2v) is 8.69. The Hall–Kier alpha value is -3.42. The van der Waals surface area contributed by atoms with Gasteiger partial charge in [0.25, 0.3) is 0 Å². The summed E-state index contributed by atoms with van der Waals surface area (Å²) in [5.41, 5.74) is -0.572. The lowest BCUT2D eigenvalue weighted by Crippen LogP contribution is -2.67. The first-order valence-electron chi connectivity index (χ1n) is 10.3. The number of likely N-dealkylation sites (tertiary alicyclic amines) is 1. The zero-order valence-electron chi connectivity index (χ0n) is 17.6. The summed E-state index contributed by atoms with van der Waals surface area (Å²) in [5, 5.41) is 0. The molecule has 1 aromatic heterocycles. The molecule has 31 heavy (non-hydrogen) atoms.